The van der Waals surface area contributed by atoms with Crippen LogP contribution >= 0.6 is 0 Å². The molecule has 0 fully saturated rings. The molecule has 0 unspecified atom stereocenters. The Morgan fingerprint density at radius 3 is 2.44 bits per heavy atom. The fraction of sp³-hybridized carbons (Fsp3) is 0.333. The monoisotopic (exact) mass is 547 g/mol. The molecule has 0 amide bonds. The first kappa shape index (κ1) is 26.9. The van der Waals surface area contributed by atoms with Gasteiger partial charge in [-0.2, -0.15) is 15.3 Å². The zero-order valence-corrected chi connectivity index (χ0v) is 24.7. The zero-order chi connectivity index (χ0) is 28.7. The molecular formula is C33H37N7O. The van der Waals surface area contributed by atoms with Gasteiger partial charge in [0.1, 0.15) is 0 Å². The molecule has 0 aliphatic heterocycles. The van der Waals surface area contributed by atoms with Crippen molar-refractivity contribution in [3.63, 3.8) is 0 Å². The molecule has 0 N–H and O–H groups in total. The Labute approximate surface area is 240 Å². The summed E-state index contributed by atoms with van der Waals surface area (Å²) in [6, 6.07) is 19.1. The highest BCUT2D eigenvalue weighted by Crippen LogP contribution is 2.37. The zero-order valence-electron chi connectivity index (χ0n) is 24.7. The first-order valence-electron chi connectivity index (χ1n) is 14.3. The highest BCUT2D eigenvalue weighted by atomic mass is 16.5. The lowest BCUT2D eigenvalue weighted by Gasteiger charge is -2.11. The van der Waals surface area contributed by atoms with Crippen LogP contribution in [0, 0.1) is 13.8 Å². The predicted octanol–water partition coefficient (Wildman–Crippen LogP) is 6.82. The highest BCUT2D eigenvalue weighted by molar-refractivity contribution is 5.94. The van der Waals surface area contributed by atoms with Gasteiger partial charge in [-0.15, -0.1) is 0 Å². The Balaban J connectivity index is 1.43. The van der Waals surface area contributed by atoms with Crippen molar-refractivity contribution in [1.29, 1.82) is 0 Å². The summed E-state index contributed by atoms with van der Waals surface area (Å²) in [6.45, 7) is 13.0. The minimum atomic E-state index is 0.288. The standard InChI is InChI=1S/C33H37N7O/c1-21(2)31-24(5)40(30-17-26-19-38(15-16-41-6)37-33(26)34-23(30)4)36-32(31)27-13-10-14-29-28(27)20-39(35-29)18-22(3)25-11-8-7-9-12-25/h7-14,17,19-22H,15-16,18H2,1-6H3/t22-/m0/s1. The highest BCUT2D eigenvalue weighted by Gasteiger charge is 2.23. The van der Waals surface area contributed by atoms with Crippen molar-refractivity contribution in [3.05, 3.63) is 89.5 Å². The van der Waals surface area contributed by atoms with Crippen LogP contribution in [-0.2, 0) is 17.8 Å². The van der Waals surface area contributed by atoms with Crippen LogP contribution in [0.5, 0.6) is 0 Å². The van der Waals surface area contributed by atoms with Gasteiger partial charge in [0.25, 0.3) is 0 Å². The number of methoxy groups -OCH3 is 1. The molecule has 41 heavy (non-hydrogen) atoms. The molecule has 0 aliphatic rings. The third kappa shape index (κ3) is 5.04. The van der Waals surface area contributed by atoms with E-state index in [1.165, 1.54) is 11.1 Å². The van der Waals surface area contributed by atoms with Crippen molar-refractivity contribution in [3.8, 4) is 16.9 Å². The van der Waals surface area contributed by atoms with Crippen LogP contribution in [0.15, 0.2) is 67.0 Å². The Kier molecular flexibility index (Phi) is 7.17. The Morgan fingerprint density at radius 2 is 1.68 bits per heavy atom. The third-order valence-corrected chi connectivity index (χ3v) is 7.88. The summed E-state index contributed by atoms with van der Waals surface area (Å²) >= 11 is 0. The van der Waals surface area contributed by atoms with Gasteiger partial charge in [-0.25, -0.2) is 9.67 Å². The SMILES string of the molecule is COCCn1cc2cc(-n3nc(-c4cccc5nn(C[C@H](C)c6ccccc6)cc45)c(C(C)C)c3C)c(C)nc2n1. The van der Waals surface area contributed by atoms with Crippen LogP contribution in [0.2, 0.25) is 0 Å². The number of ether oxygens (including phenoxy) is 1. The number of hydrogen-bond acceptors (Lipinski definition) is 5. The molecule has 0 spiro atoms. The number of rotatable bonds is 9. The largest absolute Gasteiger partial charge is 0.383 e. The van der Waals surface area contributed by atoms with E-state index in [0.717, 1.165) is 56.8 Å². The number of hydrogen-bond donors (Lipinski definition) is 0. The van der Waals surface area contributed by atoms with E-state index in [0.29, 0.717) is 19.1 Å². The predicted molar refractivity (Wildman–Crippen MR) is 164 cm³/mol. The molecule has 2 aromatic carbocycles. The number of fused-ring (bicyclic) bond motifs is 2. The van der Waals surface area contributed by atoms with Crippen molar-refractivity contribution >= 4 is 21.9 Å². The molecule has 0 aliphatic carbocycles. The summed E-state index contributed by atoms with van der Waals surface area (Å²) < 4.78 is 11.2. The van der Waals surface area contributed by atoms with Crippen molar-refractivity contribution in [2.24, 2.45) is 0 Å². The maximum atomic E-state index is 5.26. The molecular weight excluding hydrogens is 510 g/mol. The molecule has 0 saturated carbocycles. The van der Waals surface area contributed by atoms with Crippen molar-refractivity contribution < 1.29 is 4.74 Å². The van der Waals surface area contributed by atoms with E-state index in [2.05, 4.69) is 103 Å². The van der Waals surface area contributed by atoms with E-state index in [1.807, 2.05) is 17.8 Å². The number of aromatic nitrogens is 7. The molecule has 4 heterocycles. The van der Waals surface area contributed by atoms with Crippen molar-refractivity contribution in [2.45, 2.75) is 59.5 Å². The quantitative estimate of drug-likeness (QED) is 0.198. The Morgan fingerprint density at radius 1 is 0.878 bits per heavy atom. The van der Waals surface area contributed by atoms with Gasteiger partial charge < -0.3 is 4.74 Å². The molecule has 210 valence electrons. The van der Waals surface area contributed by atoms with Gasteiger partial charge in [-0.3, -0.25) is 9.36 Å². The summed E-state index contributed by atoms with van der Waals surface area (Å²) in [6.07, 6.45) is 4.20. The lowest BCUT2D eigenvalue weighted by atomic mass is 9.95. The molecule has 8 heteroatoms. The summed E-state index contributed by atoms with van der Waals surface area (Å²) in [4.78, 5) is 4.84. The van der Waals surface area contributed by atoms with E-state index >= 15 is 0 Å². The van der Waals surface area contributed by atoms with Crippen LogP contribution in [0.4, 0.5) is 0 Å². The van der Waals surface area contributed by atoms with Crippen LogP contribution in [0.25, 0.3) is 38.9 Å². The molecule has 8 nitrogen and oxygen atoms in total. The lowest BCUT2D eigenvalue weighted by molar-refractivity contribution is 0.184. The fourth-order valence-electron chi connectivity index (χ4n) is 5.80. The molecule has 0 saturated heterocycles. The van der Waals surface area contributed by atoms with Gasteiger partial charge >= 0.3 is 0 Å². The summed E-state index contributed by atoms with van der Waals surface area (Å²) in [7, 11) is 1.70. The number of pyridine rings is 1. The second kappa shape index (κ2) is 10.9. The fourth-order valence-corrected chi connectivity index (χ4v) is 5.80. The molecule has 6 aromatic rings. The normalized spacial score (nSPS) is 12.7. The topological polar surface area (TPSA) is 75.6 Å². The van der Waals surface area contributed by atoms with Gasteiger partial charge in [-0.1, -0.05) is 63.2 Å². The molecule has 1 atom stereocenters. The smallest absolute Gasteiger partial charge is 0.181 e. The average Bonchev–Trinajstić information content (AvgIpc) is 3.65. The van der Waals surface area contributed by atoms with E-state index in [9.17, 15) is 0 Å². The molecule has 6 rings (SSSR count). The van der Waals surface area contributed by atoms with Crippen molar-refractivity contribution in [2.75, 3.05) is 13.7 Å². The first-order valence-corrected chi connectivity index (χ1v) is 14.3. The van der Waals surface area contributed by atoms with Gasteiger partial charge in [-0.05, 0) is 37.5 Å². The van der Waals surface area contributed by atoms with Gasteiger partial charge in [0.2, 0.25) is 0 Å². The van der Waals surface area contributed by atoms with Crippen LogP contribution < -0.4 is 0 Å². The minimum absolute atomic E-state index is 0.288. The van der Waals surface area contributed by atoms with Gasteiger partial charge in [0, 0.05) is 59.6 Å². The summed E-state index contributed by atoms with van der Waals surface area (Å²) in [5, 5.41) is 16.9. The molecule has 0 radical (unpaired) electrons. The minimum Gasteiger partial charge on any atom is -0.383 e. The number of benzene rings is 2. The van der Waals surface area contributed by atoms with Crippen LogP contribution in [-0.4, -0.2) is 48.0 Å². The average molecular weight is 548 g/mol. The second-order valence-corrected chi connectivity index (χ2v) is 11.2. The van der Waals surface area contributed by atoms with E-state index in [4.69, 9.17) is 19.9 Å². The van der Waals surface area contributed by atoms with Crippen molar-refractivity contribution in [1.82, 2.24) is 34.3 Å². The maximum Gasteiger partial charge on any atom is 0.181 e. The summed E-state index contributed by atoms with van der Waals surface area (Å²) in [5.41, 5.74) is 9.34. The summed E-state index contributed by atoms with van der Waals surface area (Å²) in [5.74, 6) is 0.641. The van der Waals surface area contributed by atoms with Gasteiger partial charge in [0.15, 0.2) is 5.65 Å². The van der Waals surface area contributed by atoms with E-state index in [1.54, 1.807) is 7.11 Å². The van der Waals surface area contributed by atoms with Gasteiger partial charge in [0.05, 0.1) is 35.7 Å². The van der Waals surface area contributed by atoms with E-state index in [-0.39, 0.29) is 5.92 Å². The third-order valence-electron chi connectivity index (χ3n) is 7.88. The number of nitrogens with zero attached hydrogens (tertiary/aromatic N) is 7. The lowest BCUT2D eigenvalue weighted by Crippen LogP contribution is -2.06. The molecule has 4 aromatic heterocycles. The Hall–Kier alpha value is -4.30. The van der Waals surface area contributed by atoms with Crippen LogP contribution in [0.1, 0.15) is 55.1 Å². The first-order chi connectivity index (χ1) is 19.8. The Bertz CT molecular complexity index is 1830. The maximum absolute atomic E-state index is 5.26. The van der Waals surface area contributed by atoms with E-state index < -0.39 is 0 Å². The van der Waals surface area contributed by atoms with Crippen LogP contribution in [0.3, 0.4) is 0 Å². The molecule has 0 bridgehead atoms. The second-order valence-electron chi connectivity index (χ2n) is 11.2. The number of aryl methyl sites for hydroxylation is 1.